The van der Waals surface area contributed by atoms with Crippen molar-refractivity contribution in [1.82, 2.24) is 4.98 Å². The summed E-state index contributed by atoms with van der Waals surface area (Å²) in [6.07, 6.45) is 1.87. The molecule has 0 aliphatic carbocycles. The Balaban J connectivity index is 1.15. The fraction of sp³-hybridized carbons (Fsp3) is 0. The molecule has 0 aliphatic heterocycles. The second kappa shape index (κ2) is 10.3. The summed E-state index contributed by atoms with van der Waals surface area (Å²) in [5.41, 5.74) is 8.21. The summed E-state index contributed by atoms with van der Waals surface area (Å²) in [5.74, 6) is 0. The number of hydrogen-bond donors (Lipinski definition) is 0. The summed E-state index contributed by atoms with van der Waals surface area (Å²) >= 11 is 1.75. The quantitative estimate of drug-likeness (QED) is 0.210. The lowest BCUT2D eigenvalue weighted by molar-refractivity contribution is 1.28. The molecule has 8 rings (SSSR count). The van der Waals surface area contributed by atoms with Crippen molar-refractivity contribution in [1.29, 1.82) is 0 Å². The number of thiophene rings is 1. The Labute approximate surface area is 248 Å². The minimum absolute atomic E-state index is 1.09. The maximum atomic E-state index is 4.56. The van der Waals surface area contributed by atoms with E-state index in [0.29, 0.717) is 0 Å². The molecule has 0 N–H and O–H groups in total. The zero-order chi connectivity index (χ0) is 27.9. The second-order valence-electron chi connectivity index (χ2n) is 10.5. The Hall–Kier alpha value is -5.25. The number of anilines is 3. The molecule has 198 valence electrons. The summed E-state index contributed by atoms with van der Waals surface area (Å²) in [6, 6.07) is 54.4. The van der Waals surface area contributed by atoms with E-state index in [1.807, 2.05) is 12.3 Å². The minimum atomic E-state index is 1.09. The van der Waals surface area contributed by atoms with E-state index in [9.17, 15) is 0 Å². The molecule has 0 amide bonds. The molecule has 0 aliphatic rings. The first-order valence-corrected chi connectivity index (χ1v) is 14.9. The molecule has 0 bridgehead atoms. The lowest BCUT2D eigenvalue weighted by Gasteiger charge is -2.26. The van der Waals surface area contributed by atoms with E-state index < -0.39 is 0 Å². The lowest BCUT2D eigenvalue weighted by Crippen LogP contribution is -2.09. The smallest absolute Gasteiger partial charge is 0.124 e. The molecular formula is C39H26N2S. The molecule has 3 heteroatoms. The minimum Gasteiger partial charge on any atom is -0.311 e. The number of para-hydroxylation sites is 1. The number of hydrogen-bond acceptors (Lipinski definition) is 3. The van der Waals surface area contributed by atoms with Gasteiger partial charge in [-0.25, -0.2) is 4.98 Å². The number of aromatic nitrogens is 1. The van der Waals surface area contributed by atoms with Crippen molar-refractivity contribution in [3.8, 4) is 22.3 Å². The van der Waals surface area contributed by atoms with Crippen LogP contribution in [-0.4, -0.2) is 4.98 Å². The highest BCUT2D eigenvalue weighted by molar-refractivity contribution is 7.25. The highest BCUT2D eigenvalue weighted by Crippen LogP contribution is 2.38. The Morgan fingerprint density at radius 1 is 0.429 bits per heavy atom. The zero-order valence-corrected chi connectivity index (χ0v) is 23.6. The van der Waals surface area contributed by atoms with Crippen molar-refractivity contribution in [2.75, 3.05) is 4.90 Å². The number of nitrogens with zero attached hydrogens (tertiary/aromatic N) is 2. The third kappa shape index (κ3) is 4.41. The molecule has 2 nitrogen and oxygen atoms in total. The van der Waals surface area contributed by atoms with E-state index >= 15 is 0 Å². The van der Waals surface area contributed by atoms with Crippen LogP contribution in [-0.2, 0) is 0 Å². The van der Waals surface area contributed by atoms with Crippen LogP contribution >= 0.6 is 11.3 Å². The van der Waals surface area contributed by atoms with Gasteiger partial charge in [-0.1, -0.05) is 84.9 Å². The average molecular weight is 555 g/mol. The molecule has 2 heterocycles. The molecule has 2 aromatic heterocycles. The van der Waals surface area contributed by atoms with Gasteiger partial charge >= 0.3 is 0 Å². The maximum Gasteiger partial charge on any atom is 0.124 e. The first-order valence-electron chi connectivity index (χ1n) is 14.1. The van der Waals surface area contributed by atoms with E-state index in [1.54, 1.807) is 11.3 Å². The highest BCUT2D eigenvalue weighted by Gasteiger charge is 2.14. The predicted octanol–water partition coefficient (Wildman–Crippen LogP) is 11.4. The Kier molecular flexibility index (Phi) is 6.02. The molecule has 0 spiro atoms. The summed E-state index contributed by atoms with van der Waals surface area (Å²) in [4.78, 5) is 7.96. The summed E-state index contributed by atoms with van der Waals surface area (Å²) in [5, 5.41) is 5.01. The van der Waals surface area contributed by atoms with Gasteiger partial charge in [0.25, 0.3) is 0 Å². The van der Waals surface area contributed by atoms with Crippen LogP contribution in [0.1, 0.15) is 0 Å². The summed E-state index contributed by atoms with van der Waals surface area (Å²) < 4.78 is 1.27. The third-order valence-electron chi connectivity index (χ3n) is 7.93. The fourth-order valence-corrected chi connectivity index (χ4v) is 6.81. The largest absolute Gasteiger partial charge is 0.311 e. The van der Waals surface area contributed by atoms with Crippen molar-refractivity contribution in [2.24, 2.45) is 0 Å². The van der Waals surface area contributed by atoms with Gasteiger partial charge in [-0.05, 0) is 99.8 Å². The van der Waals surface area contributed by atoms with Gasteiger partial charge in [0, 0.05) is 38.7 Å². The number of rotatable bonds is 5. The van der Waals surface area contributed by atoms with Crippen LogP contribution in [0.2, 0.25) is 0 Å². The average Bonchev–Trinajstić information content (AvgIpc) is 3.44. The van der Waals surface area contributed by atoms with Gasteiger partial charge in [-0.3, -0.25) is 0 Å². The van der Waals surface area contributed by atoms with Crippen LogP contribution in [0, 0.1) is 0 Å². The molecule has 0 fully saturated rings. The topological polar surface area (TPSA) is 16.1 Å². The molecule has 8 aromatic rings. The molecule has 42 heavy (non-hydrogen) atoms. The van der Waals surface area contributed by atoms with Crippen molar-refractivity contribution in [3.63, 3.8) is 0 Å². The molecule has 0 saturated heterocycles. The van der Waals surface area contributed by atoms with Crippen LogP contribution in [0.15, 0.2) is 158 Å². The number of benzene rings is 6. The number of fused-ring (bicyclic) bond motifs is 4. The zero-order valence-electron chi connectivity index (χ0n) is 22.8. The lowest BCUT2D eigenvalue weighted by atomic mass is 10.0. The van der Waals surface area contributed by atoms with Gasteiger partial charge in [0.15, 0.2) is 0 Å². The Morgan fingerprint density at radius 2 is 1.02 bits per heavy atom. The van der Waals surface area contributed by atoms with E-state index in [-0.39, 0.29) is 0 Å². The van der Waals surface area contributed by atoms with Gasteiger partial charge in [-0.15, -0.1) is 11.3 Å². The van der Waals surface area contributed by atoms with Crippen LogP contribution < -0.4 is 4.90 Å². The summed E-state index contributed by atoms with van der Waals surface area (Å²) in [6.45, 7) is 0. The third-order valence-corrected chi connectivity index (χ3v) is 9.02. The normalized spacial score (nSPS) is 11.3. The van der Waals surface area contributed by atoms with Gasteiger partial charge in [0.05, 0.1) is 0 Å². The maximum absolute atomic E-state index is 4.56. The van der Waals surface area contributed by atoms with Crippen molar-refractivity contribution in [2.45, 2.75) is 0 Å². The highest BCUT2D eigenvalue weighted by atomic mass is 32.1. The number of pyridine rings is 1. The van der Waals surface area contributed by atoms with E-state index in [4.69, 9.17) is 0 Å². The Morgan fingerprint density at radius 3 is 1.76 bits per heavy atom. The predicted molar refractivity (Wildman–Crippen MR) is 180 cm³/mol. The van der Waals surface area contributed by atoms with Gasteiger partial charge in [0.2, 0.25) is 0 Å². The van der Waals surface area contributed by atoms with Crippen LogP contribution in [0.3, 0.4) is 0 Å². The Bertz CT molecular complexity index is 2180. The van der Waals surface area contributed by atoms with Crippen molar-refractivity contribution < 1.29 is 0 Å². The monoisotopic (exact) mass is 554 g/mol. The summed E-state index contributed by atoms with van der Waals surface area (Å²) in [7, 11) is 0. The molecule has 0 saturated carbocycles. The van der Waals surface area contributed by atoms with Gasteiger partial charge in [0.1, 0.15) is 4.83 Å². The fourth-order valence-electron chi connectivity index (χ4n) is 5.79. The van der Waals surface area contributed by atoms with E-state index in [2.05, 4.69) is 155 Å². The van der Waals surface area contributed by atoms with Crippen molar-refractivity contribution in [3.05, 3.63) is 158 Å². The van der Waals surface area contributed by atoms with Gasteiger partial charge in [-0.2, -0.15) is 0 Å². The van der Waals surface area contributed by atoms with E-state index in [0.717, 1.165) is 21.9 Å². The van der Waals surface area contributed by atoms with Crippen LogP contribution in [0.4, 0.5) is 17.1 Å². The van der Waals surface area contributed by atoms with Gasteiger partial charge < -0.3 is 4.90 Å². The SMILES string of the molecule is c1ccc(N(c2ccc(-c3ccc4ccccc4c3)cc2)c2ccc(-c3ccc4sc5ncccc5c4c3)cc2)cc1. The van der Waals surface area contributed by atoms with Crippen molar-refractivity contribution >= 4 is 59.5 Å². The molecule has 0 radical (unpaired) electrons. The second-order valence-corrected chi connectivity index (χ2v) is 11.5. The first kappa shape index (κ1) is 24.5. The molecule has 6 aromatic carbocycles. The molecular weight excluding hydrogens is 529 g/mol. The van der Waals surface area contributed by atoms with Crippen LogP contribution in [0.25, 0.3) is 53.3 Å². The van der Waals surface area contributed by atoms with E-state index in [1.165, 1.54) is 48.5 Å². The molecule has 0 unspecified atom stereocenters. The molecule has 0 atom stereocenters. The first-order chi connectivity index (χ1) is 20.8. The van der Waals surface area contributed by atoms with Crippen LogP contribution in [0.5, 0.6) is 0 Å². The standard InChI is InChI=1S/C39H26N2S/c1-2-9-33(10-3-1)41(34-19-14-28(15-20-34)31-13-12-27-7-4-5-8-30(27)25-31)35-21-16-29(17-22-35)32-18-23-38-37(26-32)36-11-6-24-40-39(36)42-38/h1-26H.